The highest BCUT2D eigenvalue weighted by Gasteiger charge is 2.20. The first kappa shape index (κ1) is 21.8. The predicted molar refractivity (Wildman–Crippen MR) is 132 cm³/mol. The van der Waals surface area contributed by atoms with Crippen molar-refractivity contribution < 1.29 is 4.79 Å². The van der Waals surface area contributed by atoms with Crippen LogP contribution < -0.4 is 10.2 Å². The standard InChI is InChI=1S/C23H24ClN7OS/c1-16-17-15-20(33-22(17)31(28-16)19-6-3-2-5-18(19)24)21(32)25-9-10-29-11-13-30(14-12-29)23-26-7-4-8-27-23/h2-8,15H,9-14H2,1H3,(H,25,32). The Morgan fingerprint density at radius 3 is 2.64 bits per heavy atom. The number of nitrogens with zero attached hydrogens (tertiary/aromatic N) is 6. The molecule has 1 fully saturated rings. The van der Waals surface area contributed by atoms with E-state index < -0.39 is 0 Å². The number of thiophene rings is 1. The molecule has 0 spiro atoms. The van der Waals surface area contributed by atoms with E-state index in [9.17, 15) is 4.79 Å². The maximum absolute atomic E-state index is 12.8. The van der Waals surface area contributed by atoms with Gasteiger partial charge in [-0.3, -0.25) is 9.69 Å². The molecule has 1 saturated heterocycles. The molecule has 1 N–H and O–H groups in total. The molecular formula is C23H24ClN7OS. The van der Waals surface area contributed by atoms with E-state index in [0.29, 0.717) is 16.4 Å². The van der Waals surface area contributed by atoms with Crippen molar-refractivity contribution in [3.63, 3.8) is 0 Å². The number of aryl methyl sites for hydroxylation is 1. The van der Waals surface area contributed by atoms with Gasteiger partial charge in [-0.2, -0.15) is 5.10 Å². The summed E-state index contributed by atoms with van der Waals surface area (Å²) in [4.78, 5) is 27.6. The lowest BCUT2D eigenvalue weighted by Gasteiger charge is -2.34. The quantitative estimate of drug-likeness (QED) is 0.454. The number of rotatable bonds is 6. The summed E-state index contributed by atoms with van der Waals surface area (Å²) >= 11 is 7.81. The first-order valence-electron chi connectivity index (χ1n) is 10.9. The molecule has 10 heteroatoms. The van der Waals surface area contributed by atoms with E-state index in [1.54, 1.807) is 12.4 Å². The minimum absolute atomic E-state index is 0.0577. The van der Waals surface area contributed by atoms with Crippen LogP contribution >= 0.6 is 22.9 Å². The lowest BCUT2D eigenvalue weighted by molar-refractivity contribution is 0.0952. The number of aromatic nitrogens is 4. The van der Waals surface area contributed by atoms with Crippen molar-refractivity contribution in [1.82, 2.24) is 30.0 Å². The zero-order valence-corrected chi connectivity index (χ0v) is 19.8. The summed E-state index contributed by atoms with van der Waals surface area (Å²) < 4.78 is 1.82. The monoisotopic (exact) mass is 481 g/mol. The van der Waals surface area contributed by atoms with Crippen molar-refractivity contribution in [3.8, 4) is 5.69 Å². The molecule has 4 heterocycles. The number of hydrogen-bond donors (Lipinski definition) is 1. The summed E-state index contributed by atoms with van der Waals surface area (Å²) in [5, 5.41) is 9.29. The second kappa shape index (κ2) is 9.46. The van der Waals surface area contributed by atoms with Crippen LogP contribution in [0.2, 0.25) is 5.02 Å². The lowest BCUT2D eigenvalue weighted by atomic mass is 10.3. The number of fused-ring (bicyclic) bond motifs is 1. The highest BCUT2D eigenvalue weighted by atomic mass is 35.5. The number of para-hydroxylation sites is 1. The van der Waals surface area contributed by atoms with Crippen molar-refractivity contribution >= 4 is 45.0 Å². The molecule has 3 aromatic heterocycles. The number of benzene rings is 1. The van der Waals surface area contributed by atoms with Crippen LogP contribution in [0.5, 0.6) is 0 Å². The molecule has 1 aliphatic heterocycles. The summed E-state index contributed by atoms with van der Waals surface area (Å²) in [6, 6.07) is 11.3. The van der Waals surface area contributed by atoms with Gasteiger partial charge in [0, 0.05) is 57.0 Å². The molecule has 0 saturated carbocycles. The van der Waals surface area contributed by atoms with Gasteiger partial charge in [-0.05, 0) is 31.2 Å². The SMILES string of the molecule is Cc1nn(-c2ccccc2Cl)c2sc(C(=O)NCCN3CCN(c4ncccn4)CC3)cc12. The molecule has 170 valence electrons. The molecule has 0 unspecified atom stereocenters. The molecule has 8 nitrogen and oxygen atoms in total. The van der Waals surface area contributed by atoms with Crippen LogP contribution in [0, 0.1) is 6.92 Å². The molecule has 4 aromatic rings. The fraction of sp³-hybridized carbons (Fsp3) is 0.304. The molecule has 5 rings (SSSR count). The van der Waals surface area contributed by atoms with Gasteiger partial charge in [0.05, 0.1) is 21.3 Å². The third-order valence-electron chi connectivity index (χ3n) is 5.77. The van der Waals surface area contributed by atoms with Gasteiger partial charge in [0.1, 0.15) is 4.83 Å². The fourth-order valence-corrected chi connectivity index (χ4v) is 5.29. The molecule has 0 atom stereocenters. The minimum Gasteiger partial charge on any atom is -0.350 e. The van der Waals surface area contributed by atoms with E-state index >= 15 is 0 Å². The average Bonchev–Trinajstić information content (AvgIpc) is 3.41. The maximum Gasteiger partial charge on any atom is 0.261 e. The average molecular weight is 482 g/mol. The van der Waals surface area contributed by atoms with Gasteiger partial charge in [-0.1, -0.05) is 23.7 Å². The number of nitrogens with one attached hydrogen (secondary N) is 1. The van der Waals surface area contributed by atoms with E-state index in [-0.39, 0.29) is 5.91 Å². The fourth-order valence-electron chi connectivity index (χ4n) is 3.99. The van der Waals surface area contributed by atoms with Crippen molar-refractivity contribution in [2.45, 2.75) is 6.92 Å². The Morgan fingerprint density at radius 2 is 1.88 bits per heavy atom. The number of hydrogen-bond acceptors (Lipinski definition) is 7. The van der Waals surface area contributed by atoms with E-state index in [4.69, 9.17) is 11.6 Å². The topological polar surface area (TPSA) is 79.2 Å². The van der Waals surface area contributed by atoms with Crippen LogP contribution in [-0.2, 0) is 0 Å². The van der Waals surface area contributed by atoms with Gasteiger partial charge >= 0.3 is 0 Å². The van der Waals surface area contributed by atoms with Crippen LogP contribution in [0.15, 0.2) is 48.8 Å². The van der Waals surface area contributed by atoms with Gasteiger partial charge in [-0.15, -0.1) is 11.3 Å². The molecule has 0 radical (unpaired) electrons. The minimum atomic E-state index is -0.0577. The smallest absolute Gasteiger partial charge is 0.261 e. The summed E-state index contributed by atoms with van der Waals surface area (Å²) in [6.45, 7) is 6.97. The summed E-state index contributed by atoms with van der Waals surface area (Å²) in [5.74, 6) is 0.721. The highest BCUT2D eigenvalue weighted by Crippen LogP contribution is 2.32. The highest BCUT2D eigenvalue weighted by molar-refractivity contribution is 7.20. The second-order valence-electron chi connectivity index (χ2n) is 7.91. The van der Waals surface area contributed by atoms with E-state index in [1.807, 2.05) is 48.0 Å². The van der Waals surface area contributed by atoms with Crippen molar-refractivity contribution in [3.05, 3.63) is 64.4 Å². The molecule has 33 heavy (non-hydrogen) atoms. The molecular weight excluding hydrogens is 458 g/mol. The molecule has 1 aromatic carbocycles. The summed E-state index contributed by atoms with van der Waals surface area (Å²) in [7, 11) is 0. The Kier molecular flexibility index (Phi) is 6.26. The summed E-state index contributed by atoms with van der Waals surface area (Å²) in [6.07, 6.45) is 3.54. The van der Waals surface area contributed by atoms with Crippen LogP contribution in [0.3, 0.4) is 0 Å². The van der Waals surface area contributed by atoms with Crippen LogP contribution in [0.25, 0.3) is 15.9 Å². The Hall–Kier alpha value is -3.01. The predicted octanol–water partition coefficient (Wildman–Crippen LogP) is 3.39. The van der Waals surface area contributed by atoms with Gasteiger partial charge < -0.3 is 10.2 Å². The van der Waals surface area contributed by atoms with Crippen molar-refractivity contribution in [2.24, 2.45) is 0 Å². The van der Waals surface area contributed by atoms with Crippen molar-refractivity contribution in [1.29, 1.82) is 0 Å². The van der Waals surface area contributed by atoms with E-state index in [1.165, 1.54) is 11.3 Å². The normalized spacial score (nSPS) is 14.7. The summed E-state index contributed by atoms with van der Waals surface area (Å²) in [5.41, 5.74) is 1.69. The van der Waals surface area contributed by atoms with Gasteiger partial charge in [0.25, 0.3) is 5.91 Å². The molecule has 0 bridgehead atoms. The second-order valence-corrected chi connectivity index (χ2v) is 9.35. The van der Waals surface area contributed by atoms with Gasteiger partial charge in [0.15, 0.2) is 0 Å². The Labute approximate surface area is 200 Å². The Morgan fingerprint density at radius 1 is 1.12 bits per heavy atom. The molecule has 0 aliphatic carbocycles. The van der Waals surface area contributed by atoms with E-state index in [2.05, 4.69) is 30.2 Å². The number of amides is 1. The van der Waals surface area contributed by atoms with Crippen LogP contribution in [0.4, 0.5) is 5.95 Å². The number of piperazine rings is 1. The van der Waals surface area contributed by atoms with Gasteiger partial charge in [0.2, 0.25) is 5.95 Å². The zero-order chi connectivity index (χ0) is 22.8. The first-order chi connectivity index (χ1) is 16.1. The maximum atomic E-state index is 12.8. The number of carbonyl (C=O) groups is 1. The largest absolute Gasteiger partial charge is 0.350 e. The number of anilines is 1. The number of carbonyl (C=O) groups excluding carboxylic acids is 1. The van der Waals surface area contributed by atoms with Crippen LogP contribution in [-0.4, -0.2) is 69.8 Å². The van der Waals surface area contributed by atoms with E-state index in [0.717, 1.165) is 60.3 Å². The molecule has 1 aliphatic rings. The Balaban J connectivity index is 1.18. The number of halogens is 1. The lowest BCUT2D eigenvalue weighted by Crippen LogP contribution is -2.48. The zero-order valence-electron chi connectivity index (χ0n) is 18.2. The third-order valence-corrected chi connectivity index (χ3v) is 7.20. The third kappa shape index (κ3) is 4.57. The first-order valence-corrected chi connectivity index (χ1v) is 12.1. The molecule has 1 amide bonds. The van der Waals surface area contributed by atoms with Crippen LogP contribution in [0.1, 0.15) is 15.4 Å². The van der Waals surface area contributed by atoms with Gasteiger partial charge in [-0.25, -0.2) is 14.6 Å². The Bertz CT molecular complexity index is 1260. The van der Waals surface area contributed by atoms with Crippen molar-refractivity contribution in [2.75, 3.05) is 44.2 Å².